The quantitative estimate of drug-likeness (QED) is 0.229. The Kier molecular flexibility index (Phi) is 10.2. The van der Waals surface area contributed by atoms with Gasteiger partial charge in [-0.25, -0.2) is 13.4 Å². The predicted molar refractivity (Wildman–Crippen MR) is 179 cm³/mol. The van der Waals surface area contributed by atoms with Gasteiger partial charge in [-0.3, -0.25) is 4.79 Å². The van der Waals surface area contributed by atoms with Crippen LogP contribution in [0.4, 0.5) is 23.1 Å². The summed E-state index contributed by atoms with van der Waals surface area (Å²) >= 11 is 6.46. The topological polar surface area (TPSA) is 126 Å². The summed E-state index contributed by atoms with van der Waals surface area (Å²) in [6.07, 6.45) is 5.18. The van der Waals surface area contributed by atoms with Gasteiger partial charge in [0.2, 0.25) is 11.9 Å². The Morgan fingerprint density at radius 3 is 2.47 bits per heavy atom. The van der Waals surface area contributed by atoms with Crippen LogP contribution >= 0.6 is 11.6 Å². The number of aryl methyl sites for hydroxylation is 1. The van der Waals surface area contributed by atoms with Crippen LogP contribution in [0.5, 0.6) is 5.75 Å². The van der Waals surface area contributed by atoms with Crippen LogP contribution in [-0.4, -0.2) is 66.2 Å². The standard InChI is InChI=1S/C33H43ClN6O4S/c1-20(2)44-29-18-24(23-12-15-40(16-13-23)32(41)27-10-8-14-35-27)22(5)17-28(29)38-33-36-19-25(34)31(39-33)37-26-9-6-7-11-30(26)45(42,43)21(3)4/h6-7,9,11,17-21,23,27,35H,8,10,12-16H2,1-5H3,(H2,36,37,38,39). The van der Waals surface area contributed by atoms with E-state index >= 15 is 0 Å². The van der Waals surface area contributed by atoms with Crippen LogP contribution in [-0.2, 0) is 14.6 Å². The van der Waals surface area contributed by atoms with E-state index in [2.05, 4.69) is 38.9 Å². The lowest BCUT2D eigenvalue weighted by Gasteiger charge is -2.34. The molecule has 2 aromatic carbocycles. The number of carbonyl (C=O) groups is 1. The van der Waals surface area contributed by atoms with Gasteiger partial charge in [0.05, 0.1) is 39.9 Å². The van der Waals surface area contributed by atoms with E-state index in [1.165, 1.54) is 11.8 Å². The molecule has 3 N–H and O–H groups in total. The molecular formula is C33H43ClN6O4S. The molecule has 0 bridgehead atoms. The Morgan fingerprint density at radius 2 is 1.80 bits per heavy atom. The van der Waals surface area contributed by atoms with E-state index in [4.69, 9.17) is 16.3 Å². The summed E-state index contributed by atoms with van der Waals surface area (Å²) in [5.41, 5.74) is 3.41. The summed E-state index contributed by atoms with van der Waals surface area (Å²) < 4.78 is 32.2. The molecule has 1 aromatic heterocycles. The molecule has 242 valence electrons. The Bertz CT molecular complexity index is 1630. The molecule has 3 aromatic rings. The molecule has 2 saturated heterocycles. The van der Waals surface area contributed by atoms with Crippen molar-refractivity contribution in [2.24, 2.45) is 0 Å². The number of para-hydroxylation sites is 1. The molecule has 2 fully saturated rings. The third-order valence-corrected chi connectivity index (χ3v) is 10.9. The Labute approximate surface area is 271 Å². The molecule has 3 heterocycles. The van der Waals surface area contributed by atoms with Crippen LogP contribution in [0.2, 0.25) is 5.02 Å². The number of sulfone groups is 1. The fourth-order valence-electron chi connectivity index (χ4n) is 5.95. The molecule has 2 aliphatic rings. The highest BCUT2D eigenvalue weighted by molar-refractivity contribution is 7.92. The second-order valence-electron chi connectivity index (χ2n) is 12.4. The van der Waals surface area contributed by atoms with Crippen LogP contribution < -0.4 is 20.7 Å². The zero-order valence-corrected chi connectivity index (χ0v) is 28.1. The molecule has 5 rings (SSSR count). The number of ether oxygens (including phenoxy) is 1. The minimum Gasteiger partial charge on any atom is -0.489 e. The van der Waals surface area contributed by atoms with E-state index in [1.54, 1.807) is 38.1 Å². The average molecular weight is 655 g/mol. The lowest BCUT2D eigenvalue weighted by atomic mass is 9.86. The maximum Gasteiger partial charge on any atom is 0.239 e. The highest BCUT2D eigenvalue weighted by Gasteiger charge is 2.31. The van der Waals surface area contributed by atoms with Gasteiger partial charge in [-0.05, 0) is 108 Å². The van der Waals surface area contributed by atoms with Crippen LogP contribution in [0.1, 0.15) is 70.4 Å². The zero-order valence-electron chi connectivity index (χ0n) is 26.6. The van der Waals surface area contributed by atoms with E-state index in [0.29, 0.717) is 23.0 Å². The molecule has 0 spiro atoms. The lowest BCUT2D eigenvalue weighted by molar-refractivity contribution is -0.134. The zero-order chi connectivity index (χ0) is 32.3. The molecule has 0 aliphatic carbocycles. The third kappa shape index (κ3) is 7.53. The van der Waals surface area contributed by atoms with Crippen molar-refractivity contribution in [3.63, 3.8) is 0 Å². The lowest BCUT2D eigenvalue weighted by Crippen LogP contribution is -2.46. The number of nitrogens with one attached hydrogen (secondary N) is 3. The van der Waals surface area contributed by atoms with Gasteiger partial charge in [-0.1, -0.05) is 23.7 Å². The Balaban J connectivity index is 1.37. The van der Waals surface area contributed by atoms with Gasteiger partial charge < -0.3 is 25.6 Å². The third-order valence-electron chi connectivity index (χ3n) is 8.39. The highest BCUT2D eigenvalue weighted by Crippen LogP contribution is 2.38. The van der Waals surface area contributed by atoms with Gasteiger partial charge in [0, 0.05) is 13.1 Å². The van der Waals surface area contributed by atoms with Gasteiger partial charge in [-0.15, -0.1) is 0 Å². The van der Waals surface area contributed by atoms with Gasteiger partial charge >= 0.3 is 0 Å². The maximum absolute atomic E-state index is 13.0. The van der Waals surface area contributed by atoms with Crippen molar-refractivity contribution >= 4 is 50.5 Å². The second kappa shape index (κ2) is 13.9. The van der Waals surface area contributed by atoms with Crippen LogP contribution in [0.15, 0.2) is 47.5 Å². The molecular weight excluding hydrogens is 612 g/mol. The minimum absolute atomic E-state index is 0.0340. The fourth-order valence-corrected chi connectivity index (χ4v) is 7.29. The number of benzene rings is 2. The summed E-state index contributed by atoms with van der Waals surface area (Å²) in [6, 6.07) is 10.8. The van der Waals surface area contributed by atoms with Crippen LogP contribution in [0.25, 0.3) is 0 Å². The van der Waals surface area contributed by atoms with Crippen molar-refractivity contribution in [3.05, 3.63) is 58.7 Å². The highest BCUT2D eigenvalue weighted by atomic mass is 35.5. The SMILES string of the molecule is Cc1cc(Nc2ncc(Cl)c(Nc3ccccc3S(=O)(=O)C(C)C)n2)c(OC(C)C)cc1C1CCN(C(=O)C2CCCN2)CC1. The number of halogens is 1. The number of amides is 1. The number of piperidine rings is 1. The van der Waals surface area contributed by atoms with Gasteiger partial charge in [0.1, 0.15) is 10.8 Å². The number of aromatic nitrogens is 2. The molecule has 1 unspecified atom stereocenters. The summed E-state index contributed by atoms with van der Waals surface area (Å²) in [7, 11) is -3.55. The van der Waals surface area contributed by atoms with E-state index < -0.39 is 15.1 Å². The largest absolute Gasteiger partial charge is 0.489 e. The summed E-state index contributed by atoms with van der Waals surface area (Å²) in [4.78, 5) is 24.1. The van der Waals surface area contributed by atoms with Gasteiger partial charge in [0.15, 0.2) is 15.7 Å². The Morgan fingerprint density at radius 1 is 1.07 bits per heavy atom. The van der Waals surface area contributed by atoms with Crippen LogP contribution in [0.3, 0.4) is 0 Å². The molecule has 45 heavy (non-hydrogen) atoms. The first-order valence-electron chi connectivity index (χ1n) is 15.7. The number of carbonyl (C=O) groups excluding carboxylic acids is 1. The monoisotopic (exact) mass is 654 g/mol. The average Bonchev–Trinajstić information content (AvgIpc) is 3.55. The number of rotatable bonds is 10. The molecule has 0 saturated carbocycles. The first-order valence-corrected chi connectivity index (χ1v) is 17.6. The second-order valence-corrected chi connectivity index (χ2v) is 15.2. The van der Waals surface area contributed by atoms with E-state index in [9.17, 15) is 13.2 Å². The first kappa shape index (κ1) is 33.0. The molecule has 0 radical (unpaired) electrons. The molecule has 12 heteroatoms. The molecule has 2 aliphatic heterocycles. The van der Waals surface area contributed by atoms with E-state index in [0.717, 1.165) is 50.9 Å². The first-order chi connectivity index (χ1) is 21.4. The minimum atomic E-state index is -3.55. The van der Waals surface area contributed by atoms with Crippen LogP contribution in [0, 0.1) is 6.92 Å². The van der Waals surface area contributed by atoms with Crippen molar-refractivity contribution in [1.82, 2.24) is 20.2 Å². The number of hydrogen-bond acceptors (Lipinski definition) is 9. The summed E-state index contributed by atoms with van der Waals surface area (Å²) in [5, 5.41) is 9.38. The predicted octanol–water partition coefficient (Wildman–Crippen LogP) is 6.35. The van der Waals surface area contributed by atoms with E-state index in [-0.39, 0.29) is 39.7 Å². The van der Waals surface area contributed by atoms with Gasteiger partial charge in [0.25, 0.3) is 0 Å². The Hall–Kier alpha value is -3.41. The van der Waals surface area contributed by atoms with Crippen molar-refractivity contribution in [2.45, 2.75) is 88.5 Å². The van der Waals surface area contributed by atoms with Crippen molar-refractivity contribution in [3.8, 4) is 5.75 Å². The molecule has 10 nitrogen and oxygen atoms in total. The van der Waals surface area contributed by atoms with Crippen molar-refractivity contribution in [1.29, 1.82) is 0 Å². The van der Waals surface area contributed by atoms with Gasteiger partial charge in [-0.2, -0.15) is 4.98 Å². The van der Waals surface area contributed by atoms with Crippen molar-refractivity contribution < 1.29 is 17.9 Å². The molecule has 1 atom stereocenters. The summed E-state index contributed by atoms with van der Waals surface area (Å²) in [6.45, 7) is 11.8. The van der Waals surface area contributed by atoms with E-state index in [1.807, 2.05) is 24.8 Å². The number of nitrogens with zero attached hydrogens (tertiary/aromatic N) is 3. The number of hydrogen-bond donors (Lipinski definition) is 3. The number of likely N-dealkylation sites (tertiary alicyclic amines) is 1. The fraction of sp³-hybridized carbons (Fsp3) is 0.485. The van der Waals surface area contributed by atoms with Crippen molar-refractivity contribution in [2.75, 3.05) is 30.3 Å². The summed E-state index contributed by atoms with van der Waals surface area (Å²) in [5.74, 6) is 1.78. The maximum atomic E-state index is 13.0. The smallest absolute Gasteiger partial charge is 0.239 e. The normalized spacial score (nSPS) is 17.6. The number of anilines is 4. The molecule has 1 amide bonds.